The summed E-state index contributed by atoms with van der Waals surface area (Å²) in [5.41, 5.74) is 1.69. The molecule has 7 heteroatoms. The van der Waals surface area contributed by atoms with E-state index in [-0.39, 0.29) is 11.0 Å². The molecular weight excluding hydrogens is 367 g/mol. The van der Waals surface area contributed by atoms with E-state index in [0.717, 1.165) is 31.3 Å². The zero-order valence-electron chi connectivity index (χ0n) is 15.4. The highest BCUT2D eigenvalue weighted by atomic mass is 32.2. The number of aryl methyl sites for hydroxylation is 1. The number of hydrogen-bond acceptors (Lipinski definition) is 4. The first-order valence-electron chi connectivity index (χ1n) is 9.10. The summed E-state index contributed by atoms with van der Waals surface area (Å²) in [6, 6.07) is 13.9. The fraction of sp³-hybridized carbons (Fsp3) is 0.400. The molecule has 2 aromatic carbocycles. The standard InChI is InChI=1S/C20H25FN2O3S/c1-16-8-9-18(21)14-20(16)27(24,25)22-10-5-11-23-12-13-26-19(15-23)17-6-3-2-4-7-17/h2-4,6-9,14,19,22H,5,10-13,15H2,1H3. The summed E-state index contributed by atoms with van der Waals surface area (Å²) < 4.78 is 46.6. The summed E-state index contributed by atoms with van der Waals surface area (Å²) >= 11 is 0. The van der Waals surface area contributed by atoms with Gasteiger partial charge in [0.1, 0.15) is 5.82 Å². The number of nitrogens with zero attached hydrogens (tertiary/aromatic N) is 1. The maximum absolute atomic E-state index is 13.4. The molecular formula is C20H25FN2O3S. The zero-order valence-corrected chi connectivity index (χ0v) is 16.2. The van der Waals surface area contributed by atoms with Crippen LogP contribution in [0, 0.1) is 12.7 Å². The van der Waals surface area contributed by atoms with Crippen LogP contribution in [0.25, 0.3) is 0 Å². The number of halogens is 1. The molecule has 27 heavy (non-hydrogen) atoms. The van der Waals surface area contributed by atoms with Gasteiger partial charge in [0.15, 0.2) is 0 Å². The van der Waals surface area contributed by atoms with Crippen LogP contribution in [0.2, 0.25) is 0 Å². The van der Waals surface area contributed by atoms with Gasteiger partial charge >= 0.3 is 0 Å². The Hall–Kier alpha value is -1.80. The van der Waals surface area contributed by atoms with Crippen LogP contribution in [0.15, 0.2) is 53.4 Å². The Morgan fingerprint density at radius 3 is 2.78 bits per heavy atom. The molecule has 0 saturated carbocycles. The van der Waals surface area contributed by atoms with E-state index in [1.165, 1.54) is 12.1 Å². The molecule has 0 aromatic heterocycles. The van der Waals surface area contributed by atoms with E-state index >= 15 is 0 Å². The van der Waals surface area contributed by atoms with Gasteiger partial charge in [0, 0.05) is 19.6 Å². The van der Waals surface area contributed by atoms with Gasteiger partial charge in [-0.1, -0.05) is 36.4 Å². The smallest absolute Gasteiger partial charge is 0.240 e. The average molecular weight is 392 g/mol. The molecule has 1 saturated heterocycles. The number of sulfonamides is 1. The van der Waals surface area contributed by atoms with Crippen molar-refractivity contribution in [2.45, 2.75) is 24.3 Å². The summed E-state index contributed by atoms with van der Waals surface area (Å²) in [5, 5.41) is 0. The van der Waals surface area contributed by atoms with E-state index in [0.29, 0.717) is 25.1 Å². The Morgan fingerprint density at radius 2 is 2.00 bits per heavy atom. The highest BCUT2D eigenvalue weighted by Crippen LogP contribution is 2.22. The Kier molecular flexibility index (Phi) is 6.59. The zero-order chi connectivity index (χ0) is 19.3. The van der Waals surface area contributed by atoms with Gasteiger partial charge in [0.05, 0.1) is 17.6 Å². The number of hydrogen-bond donors (Lipinski definition) is 1. The Labute approximate surface area is 160 Å². The SMILES string of the molecule is Cc1ccc(F)cc1S(=O)(=O)NCCCN1CCOC(c2ccccc2)C1. The molecule has 0 aliphatic carbocycles. The Bertz CT molecular complexity index is 859. The first-order valence-corrected chi connectivity index (χ1v) is 10.6. The van der Waals surface area contributed by atoms with Crippen LogP contribution >= 0.6 is 0 Å². The van der Waals surface area contributed by atoms with E-state index in [2.05, 4.69) is 21.8 Å². The van der Waals surface area contributed by atoms with Gasteiger partial charge in [0.25, 0.3) is 0 Å². The molecule has 1 aliphatic heterocycles. The Morgan fingerprint density at radius 1 is 1.22 bits per heavy atom. The molecule has 0 spiro atoms. The van der Waals surface area contributed by atoms with Gasteiger partial charge in [-0.25, -0.2) is 17.5 Å². The quantitative estimate of drug-likeness (QED) is 0.736. The van der Waals surface area contributed by atoms with Gasteiger partial charge in [-0.05, 0) is 43.1 Å². The second-order valence-electron chi connectivity index (χ2n) is 6.73. The van der Waals surface area contributed by atoms with E-state index in [9.17, 15) is 12.8 Å². The molecule has 146 valence electrons. The third-order valence-electron chi connectivity index (χ3n) is 4.70. The van der Waals surface area contributed by atoms with Gasteiger partial charge in [-0.15, -0.1) is 0 Å². The summed E-state index contributed by atoms with van der Waals surface area (Å²) in [5.74, 6) is -0.554. The van der Waals surface area contributed by atoms with Gasteiger partial charge in [-0.3, -0.25) is 4.90 Å². The van der Waals surface area contributed by atoms with Crippen molar-refractivity contribution in [3.8, 4) is 0 Å². The minimum absolute atomic E-state index is 0.00184. The molecule has 1 unspecified atom stereocenters. The first kappa shape index (κ1) is 19.9. The predicted octanol–water partition coefficient (Wildman–Crippen LogP) is 2.88. The van der Waals surface area contributed by atoms with E-state index < -0.39 is 15.8 Å². The lowest BCUT2D eigenvalue weighted by Crippen LogP contribution is -2.39. The third-order valence-corrected chi connectivity index (χ3v) is 6.31. The summed E-state index contributed by atoms with van der Waals surface area (Å²) in [6.07, 6.45) is 0.723. The third kappa shape index (κ3) is 5.35. The maximum atomic E-state index is 13.4. The lowest BCUT2D eigenvalue weighted by Gasteiger charge is -2.33. The number of rotatable bonds is 7. The predicted molar refractivity (Wildman–Crippen MR) is 103 cm³/mol. The van der Waals surface area contributed by atoms with Crippen molar-refractivity contribution in [2.75, 3.05) is 32.8 Å². The number of ether oxygens (including phenoxy) is 1. The van der Waals surface area contributed by atoms with Crippen molar-refractivity contribution in [1.29, 1.82) is 0 Å². The van der Waals surface area contributed by atoms with Crippen LogP contribution in [-0.2, 0) is 14.8 Å². The normalized spacial score (nSPS) is 18.5. The Balaban J connectivity index is 1.49. The molecule has 1 fully saturated rings. The minimum Gasteiger partial charge on any atom is -0.371 e. The van der Waals surface area contributed by atoms with Crippen molar-refractivity contribution < 1.29 is 17.5 Å². The molecule has 1 atom stereocenters. The second-order valence-corrected chi connectivity index (χ2v) is 8.47. The van der Waals surface area contributed by atoms with E-state index in [4.69, 9.17) is 4.74 Å². The van der Waals surface area contributed by atoms with Crippen molar-refractivity contribution in [3.63, 3.8) is 0 Å². The number of nitrogens with one attached hydrogen (secondary N) is 1. The van der Waals surface area contributed by atoms with Gasteiger partial charge in [-0.2, -0.15) is 0 Å². The summed E-state index contributed by atoms with van der Waals surface area (Å²) in [4.78, 5) is 2.28. The fourth-order valence-electron chi connectivity index (χ4n) is 3.23. The number of morpholine rings is 1. The highest BCUT2D eigenvalue weighted by Gasteiger charge is 2.22. The largest absolute Gasteiger partial charge is 0.371 e. The maximum Gasteiger partial charge on any atom is 0.240 e. The van der Waals surface area contributed by atoms with Crippen LogP contribution in [0.1, 0.15) is 23.7 Å². The highest BCUT2D eigenvalue weighted by molar-refractivity contribution is 7.89. The monoisotopic (exact) mass is 392 g/mol. The number of benzene rings is 2. The lowest BCUT2D eigenvalue weighted by atomic mass is 10.1. The molecule has 0 amide bonds. The molecule has 1 N–H and O–H groups in total. The summed E-state index contributed by atoms with van der Waals surface area (Å²) in [7, 11) is -3.70. The fourth-order valence-corrected chi connectivity index (χ4v) is 4.55. The van der Waals surface area contributed by atoms with Crippen LogP contribution < -0.4 is 4.72 Å². The van der Waals surface area contributed by atoms with Gasteiger partial charge < -0.3 is 4.74 Å². The lowest BCUT2D eigenvalue weighted by molar-refractivity contribution is -0.0300. The average Bonchev–Trinajstić information content (AvgIpc) is 2.68. The van der Waals surface area contributed by atoms with E-state index in [1.54, 1.807) is 6.92 Å². The molecule has 1 heterocycles. The van der Waals surface area contributed by atoms with Crippen molar-refractivity contribution >= 4 is 10.0 Å². The molecule has 5 nitrogen and oxygen atoms in total. The summed E-state index contributed by atoms with van der Waals surface area (Å²) in [6.45, 7) is 5.03. The van der Waals surface area contributed by atoms with Crippen LogP contribution in [0.5, 0.6) is 0 Å². The van der Waals surface area contributed by atoms with Crippen LogP contribution in [0.4, 0.5) is 4.39 Å². The topological polar surface area (TPSA) is 58.6 Å². The van der Waals surface area contributed by atoms with E-state index in [1.807, 2.05) is 18.2 Å². The van der Waals surface area contributed by atoms with Crippen LogP contribution in [-0.4, -0.2) is 46.1 Å². The van der Waals surface area contributed by atoms with Crippen molar-refractivity contribution in [1.82, 2.24) is 9.62 Å². The van der Waals surface area contributed by atoms with Crippen molar-refractivity contribution in [3.05, 3.63) is 65.5 Å². The molecule has 0 radical (unpaired) electrons. The first-order chi connectivity index (χ1) is 13.0. The van der Waals surface area contributed by atoms with Crippen molar-refractivity contribution in [2.24, 2.45) is 0 Å². The molecule has 1 aliphatic rings. The molecule has 0 bridgehead atoms. The molecule has 3 rings (SSSR count). The second kappa shape index (κ2) is 8.93. The minimum atomic E-state index is -3.70. The van der Waals surface area contributed by atoms with Gasteiger partial charge in [0.2, 0.25) is 10.0 Å². The molecule has 2 aromatic rings. The van der Waals surface area contributed by atoms with Crippen LogP contribution in [0.3, 0.4) is 0 Å².